The second kappa shape index (κ2) is 5.84. The molecular formula is C12H20N2O4. The molecular weight excluding hydrogens is 236 g/mol. The first-order chi connectivity index (χ1) is 8.31. The number of hydrogen-bond acceptors (Lipinski definition) is 3. The molecule has 102 valence electrons. The average molecular weight is 256 g/mol. The zero-order valence-electron chi connectivity index (χ0n) is 10.8. The lowest BCUT2D eigenvalue weighted by atomic mass is 10.0. The van der Waals surface area contributed by atoms with Crippen molar-refractivity contribution in [2.75, 3.05) is 6.54 Å². The Morgan fingerprint density at radius 3 is 2.39 bits per heavy atom. The van der Waals surface area contributed by atoms with Crippen LogP contribution in [0.5, 0.6) is 0 Å². The molecule has 0 aromatic heterocycles. The minimum atomic E-state index is -0.943. The van der Waals surface area contributed by atoms with E-state index in [1.165, 1.54) is 0 Å². The van der Waals surface area contributed by atoms with E-state index >= 15 is 0 Å². The molecule has 6 heteroatoms. The van der Waals surface area contributed by atoms with Crippen LogP contribution in [0.3, 0.4) is 0 Å². The Hall–Kier alpha value is -1.59. The first-order valence-corrected chi connectivity index (χ1v) is 6.10. The summed E-state index contributed by atoms with van der Waals surface area (Å²) in [6.07, 6.45) is 2.15. The van der Waals surface area contributed by atoms with Crippen molar-refractivity contribution in [3.8, 4) is 0 Å². The van der Waals surface area contributed by atoms with Gasteiger partial charge < -0.3 is 10.4 Å². The van der Waals surface area contributed by atoms with Gasteiger partial charge >= 0.3 is 12.0 Å². The zero-order valence-corrected chi connectivity index (χ0v) is 10.8. The molecule has 0 aromatic rings. The quantitative estimate of drug-likeness (QED) is 0.663. The molecule has 1 rings (SSSR count). The van der Waals surface area contributed by atoms with Gasteiger partial charge in [0.25, 0.3) is 0 Å². The van der Waals surface area contributed by atoms with Crippen LogP contribution in [0.25, 0.3) is 0 Å². The monoisotopic (exact) mass is 256 g/mol. The summed E-state index contributed by atoms with van der Waals surface area (Å²) in [7, 11) is 0. The molecule has 1 unspecified atom stereocenters. The number of carbonyl (C=O) groups is 3. The molecule has 1 aliphatic carbocycles. The minimum Gasteiger partial charge on any atom is -0.481 e. The maximum atomic E-state index is 11.4. The molecule has 0 aliphatic heterocycles. The number of urea groups is 1. The molecule has 1 fully saturated rings. The third kappa shape index (κ3) is 5.65. The third-order valence-corrected chi connectivity index (χ3v) is 3.09. The lowest BCUT2D eigenvalue weighted by Gasteiger charge is -2.12. The summed E-state index contributed by atoms with van der Waals surface area (Å²) < 4.78 is 0. The van der Waals surface area contributed by atoms with Gasteiger partial charge in [-0.15, -0.1) is 0 Å². The molecule has 3 N–H and O–H groups in total. The fourth-order valence-electron chi connectivity index (χ4n) is 1.59. The second-order valence-electron chi connectivity index (χ2n) is 5.45. The van der Waals surface area contributed by atoms with Gasteiger partial charge in [-0.2, -0.15) is 0 Å². The highest BCUT2D eigenvalue weighted by Gasteiger charge is 2.37. The molecule has 0 radical (unpaired) electrons. The Balaban J connectivity index is 2.18. The normalized spacial score (nSPS) is 17.7. The first-order valence-electron chi connectivity index (χ1n) is 6.10. The van der Waals surface area contributed by atoms with Crippen LogP contribution < -0.4 is 10.6 Å². The maximum absolute atomic E-state index is 11.4. The number of aliphatic carboxylic acids is 1. The number of carboxylic acids is 1. The molecule has 0 saturated heterocycles. The van der Waals surface area contributed by atoms with Gasteiger partial charge in [-0.3, -0.25) is 14.9 Å². The summed E-state index contributed by atoms with van der Waals surface area (Å²) in [5.74, 6) is -1.67. The molecule has 1 aliphatic rings. The van der Waals surface area contributed by atoms with Crippen molar-refractivity contribution < 1.29 is 19.5 Å². The van der Waals surface area contributed by atoms with E-state index in [9.17, 15) is 14.4 Å². The Morgan fingerprint density at radius 2 is 1.89 bits per heavy atom. The molecule has 0 bridgehead atoms. The minimum absolute atomic E-state index is 0.0387. The number of nitrogens with one attached hydrogen (secondary N) is 2. The highest BCUT2D eigenvalue weighted by molar-refractivity contribution is 5.94. The van der Waals surface area contributed by atoms with Crippen LogP contribution in [-0.2, 0) is 9.59 Å². The van der Waals surface area contributed by atoms with E-state index in [1.807, 2.05) is 0 Å². The van der Waals surface area contributed by atoms with E-state index < -0.39 is 17.9 Å². The standard InChI is InChI=1S/C12H20N2O4/c1-8(6-10(16)17)5-9(15)14-11(18)13-7-12(2)3-4-12/h8H,3-7H2,1-2H3,(H,16,17)(H2,13,14,15,18). The van der Waals surface area contributed by atoms with Crippen molar-refractivity contribution in [3.63, 3.8) is 0 Å². The van der Waals surface area contributed by atoms with E-state index in [0.717, 1.165) is 12.8 Å². The molecule has 18 heavy (non-hydrogen) atoms. The third-order valence-electron chi connectivity index (χ3n) is 3.09. The predicted molar refractivity (Wildman–Crippen MR) is 64.9 cm³/mol. The lowest BCUT2D eigenvalue weighted by molar-refractivity contribution is -0.138. The summed E-state index contributed by atoms with van der Waals surface area (Å²) in [6, 6.07) is -0.504. The van der Waals surface area contributed by atoms with Crippen LogP contribution in [0.15, 0.2) is 0 Å². The second-order valence-corrected chi connectivity index (χ2v) is 5.45. The molecule has 0 heterocycles. The lowest BCUT2D eigenvalue weighted by Crippen LogP contribution is -2.41. The van der Waals surface area contributed by atoms with Gasteiger partial charge in [-0.25, -0.2) is 4.79 Å². The first kappa shape index (κ1) is 14.5. The number of carbonyl (C=O) groups excluding carboxylic acids is 2. The zero-order chi connectivity index (χ0) is 13.8. The fourth-order valence-corrected chi connectivity index (χ4v) is 1.59. The van der Waals surface area contributed by atoms with Crippen molar-refractivity contribution in [2.45, 2.75) is 39.5 Å². The molecule has 1 atom stereocenters. The summed E-state index contributed by atoms with van der Waals surface area (Å²) in [5, 5.41) is 13.4. The summed E-state index contributed by atoms with van der Waals surface area (Å²) in [5.41, 5.74) is 0.191. The van der Waals surface area contributed by atoms with Gasteiger partial charge in [-0.05, 0) is 24.2 Å². The highest BCUT2D eigenvalue weighted by Crippen LogP contribution is 2.43. The van der Waals surface area contributed by atoms with Crippen LogP contribution in [0.1, 0.15) is 39.5 Å². The Morgan fingerprint density at radius 1 is 1.28 bits per heavy atom. The van der Waals surface area contributed by atoms with Crippen LogP contribution in [-0.4, -0.2) is 29.6 Å². The fraction of sp³-hybridized carbons (Fsp3) is 0.750. The van der Waals surface area contributed by atoms with E-state index in [0.29, 0.717) is 6.54 Å². The van der Waals surface area contributed by atoms with E-state index in [1.54, 1.807) is 6.92 Å². The molecule has 3 amide bonds. The molecule has 0 spiro atoms. The molecule has 0 aromatic carbocycles. The van der Waals surface area contributed by atoms with Gasteiger partial charge in [0.1, 0.15) is 0 Å². The van der Waals surface area contributed by atoms with Gasteiger partial charge in [-0.1, -0.05) is 13.8 Å². The number of imide groups is 1. The van der Waals surface area contributed by atoms with Crippen molar-refractivity contribution in [2.24, 2.45) is 11.3 Å². The van der Waals surface area contributed by atoms with Gasteiger partial charge in [0.15, 0.2) is 0 Å². The van der Waals surface area contributed by atoms with Crippen molar-refractivity contribution in [1.82, 2.24) is 10.6 Å². The smallest absolute Gasteiger partial charge is 0.321 e. The number of rotatable bonds is 6. The average Bonchev–Trinajstić information content (AvgIpc) is 2.92. The SMILES string of the molecule is CC(CC(=O)O)CC(=O)NC(=O)NCC1(C)CC1. The Bertz CT molecular complexity index is 350. The van der Waals surface area contributed by atoms with Crippen LogP contribution >= 0.6 is 0 Å². The van der Waals surface area contributed by atoms with Gasteiger partial charge in [0, 0.05) is 19.4 Å². The van der Waals surface area contributed by atoms with Crippen LogP contribution in [0.2, 0.25) is 0 Å². The van der Waals surface area contributed by atoms with Crippen LogP contribution in [0, 0.1) is 11.3 Å². The summed E-state index contributed by atoms with van der Waals surface area (Å²) in [6.45, 7) is 4.30. The van der Waals surface area contributed by atoms with Gasteiger partial charge in [0.2, 0.25) is 5.91 Å². The van der Waals surface area contributed by atoms with E-state index in [4.69, 9.17) is 5.11 Å². The highest BCUT2D eigenvalue weighted by atomic mass is 16.4. The Labute approximate surface area is 106 Å². The number of carboxylic acid groups (broad SMARTS) is 1. The van der Waals surface area contributed by atoms with Crippen LogP contribution in [0.4, 0.5) is 4.79 Å². The number of amides is 3. The van der Waals surface area contributed by atoms with E-state index in [-0.39, 0.29) is 24.2 Å². The van der Waals surface area contributed by atoms with Crippen molar-refractivity contribution in [1.29, 1.82) is 0 Å². The molecule has 6 nitrogen and oxygen atoms in total. The summed E-state index contributed by atoms with van der Waals surface area (Å²) >= 11 is 0. The van der Waals surface area contributed by atoms with Crippen molar-refractivity contribution in [3.05, 3.63) is 0 Å². The largest absolute Gasteiger partial charge is 0.481 e. The molecule has 1 saturated carbocycles. The maximum Gasteiger partial charge on any atom is 0.321 e. The Kier molecular flexibility index (Phi) is 4.69. The van der Waals surface area contributed by atoms with Crippen molar-refractivity contribution >= 4 is 17.9 Å². The topological polar surface area (TPSA) is 95.5 Å². The summed E-state index contributed by atoms with van der Waals surface area (Å²) in [4.78, 5) is 33.2. The predicted octanol–water partition coefficient (Wildman–Crippen LogP) is 1.11. The van der Waals surface area contributed by atoms with Gasteiger partial charge in [0.05, 0.1) is 0 Å². The van der Waals surface area contributed by atoms with E-state index in [2.05, 4.69) is 17.6 Å². The number of hydrogen-bond donors (Lipinski definition) is 3.